The van der Waals surface area contributed by atoms with E-state index in [1.54, 1.807) is 10.9 Å². The number of anilines is 2. The topological polar surface area (TPSA) is 64.2 Å². The van der Waals surface area contributed by atoms with Gasteiger partial charge in [-0.15, -0.1) is 0 Å². The lowest BCUT2D eigenvalue weighted by molar-refractivity contribution is 0.0977. The van der Waals surface area contributed by atoms with Crippen LogP contribution in [0.15, 0.2) is 30.5 Å². The molecule has 0 saturated heterocycles. The molecule has 0 atom stereocenters. The maximum Gasteiger partial charge on any atom is 0.278 e. The molecule has 5 heteroatoms. The van der Waals surface area contributed by atoms with Crippen molar-refractivity contribution < 1.29 is 4.79 Å². The van der Waals surface area contributed by atoms with Gasteiger partial charge in [-0.05, 0) is 37.8 Å². The van der Waals surface area contributed by atoms with Crippen LogP contribution in [0.5, 0.6) is 0 Å². The second-order valence-corrected chi connectivity index (χ2v) is 5.31. The molecule has 0 saturated carbocycles. The zero-order valence-corrected chi connectivity index (χ0v) is 12.2. The highest BCUT2D eigenvalue weighted by atomic mass is 16.2. The summed E-state index contributed by atoms with van der Waals surface area (Å²) in [6.07, 6.45) is 4.67. The minimum atomic E-state index is -0.0544. The molecular weight excluding hydrogens is 264 g/mol. The van der Waals surface area contributed by atoms with Crippen LogP contribution >= 0.6 is 0 Å². The number of nitrogens with two attached hydrogens (primary N) is 1. The van der Waals surface area contributed by atoms with Crippen LogP contribution in [0.25, 0.3) is 0 Å². The first-order valence-corrected chi connectivity index (χ1v) is 7.43. The van der Waals surface area contributed by atoms with E-state index in [-0.39, 0.29) is 5.91 Å². The molecular formula is C16H20N4O. The number of carbonyl (C=O) groups excluding carboxylic acids is 1. The van der Waals surface area contributed by atoms with Gasteiger partial charge < -0.3 is 10.6 Å². The maximum absolute atomic E-state index is 13.0. The van der Waals surface area contributed by atoms with Crippen LogP contribution in [-0.4, -0.2) is 22.2 Å². The van der Waals surface area contributed by atoms with E-state index in [1.165, 1.54) is 5.56 Å². The molecule has 1 aromatic carbocycles. The fourth-order valence-corrected chi connectivity index (χ4v) is 2.90. The van der Waals surface area contributed by atoms with Crippen molar-refractivity contribution in [2.24, 2.45) is 0 Å². The summed E-state index contributed by atoms with van der Waals surface area (Å²) in [6, 6.07) is 8.12. The molecule has 0 aliphatic carbocycles. The summed E-state index contributed by atoms with van der Waals surface area (Å²) in [4.78, 5) is 14.8. The molecule has 1 aromatic heterocycles. The molecule has 1 amide bonds. The Morgan fingerprint density at radius 2 is 2.14 bits per heavy atom. The standard InChI is InChI=1S/C16H20N4O/c1-2-20-15(13(17)11-18-20)16(21)19-10-6-5-8-12-7-3-4-9-14(12)19/h3-4,7,9,11H,2,5-6,8,10,17H2,1H3. The molecule has 2 heterocycles. The second kappa shape index (κ2) is 5.60. The highest BCUT2D eigenvalue weighted by Gasteiger charge is 2.26. The molecule has 0 fully saturated rings. The summed E-state index contributed by atoms with van der Waals surface area (Å²) in [5.74, 6) is -0.0544. The molecule has 1 aliphatic heterocycles. The number of amides is 1. The number of aromatic nitrogens is 2. The van der Waals surface area contributed by atoms with Gasteiger partial charge in [0.25, 0.3) is 5.91 Å². The van der Waals surface area contributed by atoms with Crippen LogP contribution in [0.4, 0.5) is 11.4 Å². The van der Waals surface area contributed by atoms with Crippen LogP contribution < -0.4 is 10.6 Å². The average molecular weight is 284 g/mol. The minimum absolute atomic E-state index is 0.0544. The van der Waals surface area contributed by atoms with Crippen molar-refractivity contribution in [1.82, 2.24) is 9.78 Å². The predicted octanol–water partition coefficient (Wildman–Crippen LogP) is 2.47. The number of hydrogen-bond donors (Lipinski definition) is 1. The van der Waals surface area contributed by atoms with Gasteiger partial charge in [-0.1, -0.05) is 18.2 Å². The van der Waals surface area contributed by atoms with Crippen molar-refractivity contribution >= 4 is 17.3 Å². The van der Waals surface area contributed by atoms with Crippen LogP contribution in [0.3, 0.4) is 0 Å². The van der Waals surface area contributed by atoms with Gasteiger partial charge in [0, 0.05) is 18.8 Å². The van der Waals surface area contributed by atoms with E-state index in [1.807, 2.05) is 30.0 Å². The first-order valence-electron chi connectivity index (χ1n) is 7.43. The van der Waals surface area contributed by atoms with Crippen molar-refractivity contribution in [3.8, 4) is 0 Å². The highest BCUT2D eigenvalue weighted by molar-refractivity contribution is 6.08. The van der Waals surface area contributed by atoms with Gasteiger partial charge in [0.05, 0.1) is 11.9 Å². The molecule has 21 heavy (non-hydrogen) atoms. The molecule has 0 radical (unpaired) electrons. The van der Waals surface area contributed by atoms with Gasteiger partial charge in [0.15, 0.2) is 0 Å². The lowest BCUT2D eigenvalue weighted by atomic mass is 10.1. The third-order valence-corrected chi connectivity index (χ3v) is 3.98. The van der Waals surface area contributed by atoms with Gasteiger partial charge in [-0.2, -0.15) is 5.10 Å². The fourth-order valence-electron chi connectivity index (χ4n) is 2.90. The monoisotopic (exact) mass is 284 g/mol. The summed E-state index contributed by atoms with van der Waals surface area (Å²) in [6.45, 7) is 3.32. The molecule has 110 valence electrons. The van der Waals surface area contributed by atoms with E-state index in [4.69, 9.17) is 5.73 Å². The quantitative estimate of drug-likeness (QED) is 0.921. The molecule has 0 unspecified atom stereocenters. The van der Waals surface area contributed by atoms with E-state index < -0.39 is 0 Å². The fraction of sp³-hybridized carbons (Fsp3) is 0.375. The van der Waals surface area contributed by atoms with Crippen molar-refractivity contribution in [1.29, 1.82) is 0 Å². The maximum atomic E-state index is 13.0. The van der Waals surface area contributed by atoms with E-state index in [0.29, 0.717) is 17.9 Å². The summed E-state index contributed by atoms with van der Waals surface area (Å²) < 4.78 is 1.67. The summed E-state index contributed by atoms with van der Waals surface area (Å²) >= 11 is 0. The third kappa shape index (κ3) is 2.39. The molecule has 1 aliphatic rings. The number of nitrogen functional groups attached to an aromatic ring is 1. The zero-order valence-electron chi connectivity index (χ0n) is 12.2. The number of hydrogen-bond acceptors (Lipinski definition) is 3. The lowest BCUT2D eigenvalue weighted by Gasteiger charge is -2.23. The zero-order chi connectivity index (χ0) is 14.8. The number of nitrogens with zero attached hydrogens (tertiary/aromatic N) is 3. The Labute approximate surface area is 124 Å². The second-order valence-electron chi connectivity index (χ2n) is 5.31. The van der Waals surface area contributed by atoms with Gasteiger partial charge in [0.2, 0.25) is 0 Å². The smallest absolute Gasteiger partial charge is 0.278 e. The van der Waals surface area contributed by atoms with Gasteiger partial charge in [-0.3, -0.25) is 9.48 Å². The molecule has 5 nitrogen and oxygen atoms in total. The number of rotatable bonds is 2. The van der Waals surface area contributed by atoms with Gasteiger partial charge in [-0.25, -0.2) is 0 Å². The Kier molecular flexibility index (Phi) is 3.64. The van der Waals surface area contributed by atoms with Crippen LogP contribution in [-0.2, 0) is 13.0 Å². The summed E-state index contributed by atoms with van der Waals surface area (Å²) in [5.41, 5.74) is 9.12. The molecule has 2 aromatic rings. The SMILES string of the molecule is CCn1ncc(N)c1C(=O)N1CCCCc2ccccc21. The van der Waals surface area contributed by atoms with E-state index in [2.05, 4.69) is 11.2 Å². The number of aryl methyl sites for hydroxylation is 2. The Hall–Kier alpha value is -2.30. The average Bonchev–Trinajstić information content (AvgIpc) is 2.75. The largest absolute Gasteiger partial charge is 0.396 e. The lowest BCUT2D eigenvalue weighted by Crippen LogP contribution is -2.34. The first kappa shape index (κ1) is 13.7. The molecule has 3 rings (SSSR count). The molecule has 0 bridgehead atoms. The number of benzene rings is 1. The summed E-state index contributed by atoms with van der Waals surface area (Å²) in [7, 11) is 0. The van der Waals surface area contributed by atoms with Gasteiger partial charge >= 0.3 is 0 Å². The normalized spacial score (nSPS) is 14.6. The van der Waals surface area contributed by atoms with E-state index >= 15 is 0 Å². The number of para-hydroxylation sites is 1. The first-order chi connectivity index (χ1) is 10.2. The van der Waals surface area contributed by atoms with Crippen molar-refractivity contribution in [3.63, 3.8) is 0 Å². The van der Waals surface area contributed by atoms with Crippen molar-refractivity contribution in [2.45, 2.75) is 32.7 Å². The molecule has 0 spiro atoms. The Balaban J connectivity index is 2.03. The Morgan fingerprint density at radius 1 is 1.33 bits per heavy atom. The van der Waals surface area contributed by atoms with E-state index in [9.17, 15) is 4.79 Å². The predicted molar refractivity (Wildman–Crippen MR) is 83.4 cm³/mol. The van der Waals surface area contributed by atoms with E-state index in [0.717, 1.165) is 31.5 Å². The number of carbonyl (C=O) groups is 1. The van der Waals surface area contributed by atoms with Crippen LogP contribution in [0, 0.1) is 0 Å². The van der Waals surface area contributed by atoms with Crippen LogP contribution in [0.2, 0.25) is 0 Å². The van der Waals surface area contributed by atoms with Gasteiger partial charge in [0.1, 0.15) is 5.69 Å². The Morgan fingerprint density at radius 3 is 2.95 bits per heavy atom. The summed E-state index contributed by atoms with van der Waals surface area (Å²) in [5, 5.41) is 4.17. The van der Waals surface area contributed by atoms with Crippen molar-refractivity contribution in [3.05, 3.63) is 41.7 Å². The molecule has 2 N–H and O–H groups in total. The van der Waals surface area contributed by atoms with Crippen molar-refractivity contribution in [2.75, 3.05) is 17.2 Å². The van der Waals surface area contributed by atoms with Crippen LogP contribution in [0.1, 0.15) is 35.8 Å². The third-order valence-electron chi connectivity index (χ3n) is 3.98. The number of fused-ring (bicyclic) bond motifs is 1. The Bertz CT molecular complexity index is 662. The highest BCUT2D eigenvalue weighted by Crippen LogP contribution is 2.28. The minimum Gasteiger partial charge on any atom is -0.396 e.